The molecule has 1 saturated heterocycles. The molecule has 3 heteroatoms. The number of nitrogens with two attached hydrogens (primary N) is 1. The van der Waals surface area contributed by atoms with E-state index in [0.717, 1.165) is 6.54 Å². The minimum absolute atomic E-state index is 0.179. The number of likely N-dealkylation sites (N-methyl/N-ethyl adjacent to an activating group) is 1. The van der Waals surface area contributed by atoms with E-state index in [1.807, 2.05) is 0 Å². The van der Waals surface area contributed by atoms with Gasteiger partial charge in [0.2, 0.25) is 0 Å². The van der Waals surface area contributed by atoms with Crippen LogP contribution in [0, 0.1) is 5.41 Å². The van der Waals surface area contributed by atoms with Crippen LogP contribution < -0.4 is 5.73 Å². The van der Waals surface area contributed by atoms with E-state index in [9.17, 15) is 0 Å². The number of hydrogen-bond donors (Lipinski definition) is 1. The zero-order chi connectivity index (χ0) is 14.0. The molecule has 0 saturated carbocycles. The summed E-state index contributed by atoms with van der Waals surface area (Å²) in [6, 6.07) is 0.700. The van der Waals surface area contributed by atoms with Crippen molar-refractivity contribution in [1.29, 1.82) is 0 Å². The Morgan fingerprint density at radius 3 is 2.17 bits per heavy atom. The summed E-state index contributed by atoms with van der Waals surface area (Å²) >= 11 is 0. The predicted molar refractivity (Wildman–Crippen MR) is 79.8 cm³/mol. The van der Waals surface area contributed by atoms with Crippen molar-refractivity contribution in [3.63, 3.8) is 0 Å². The first-order valence-corrected chi connectivity index (χ1v) is 7.29. The summed E-state index contributed by atoms with van der Waals surface area (Å²) in [4.78, 5) is 4.96. The van der Waals surface area contributed by atoms with E-state index in [1.54, 1.807) is 0 Å². The second-order valence-electron chi connectivity index (χ2n) is 7.61. The molecule has 0 radical (unpaired) electrons. The molecule has 2 atom stereocenters. The van der Waals surface area contributed by atoms with Crippen LogP contribution in [0.4, 0.5) is 0 Å². The Balaban J connectivity index is 2.59. The highest BCUT2D eigenvalue weighted by atomic mass is 15.3. The summed E-state index contributed by atoms with van der Waals surface area (Å²) < 4.78 is 0. The molecule has 0 amide bonds. The highest BCUT2D eigenvalue weighted by Crippen LogP contribution is 2.31. The molecular weight excluding hydrogens is 222 g/mol. The van der Waals surface area contributed by atoms with Gasteiger partial charge in [-0.05, 0) is 45.7 Å². The summed E-state index contributed by atoms with van der Waals surface area (Å²) in [6.45, 7) is 12.4. The second kappa shape index (κ2) is 5.89. The summed E-state index contributed by atoms with van der Waals surface area (Å²) in [6.07, 6.45) is 3.72. The summed E-state index contributed by atoms with van der Waals surface area (Å²) in [5, 5.41) is 0. The minimum atomic E-state index is 0.179. The van der Waals surface area contributed by atoms with Crippen LogP contribution in [0.1, 0.15) is 47.0 Å². The lowest BCUT2D eigenvalue weighted by molar-refractivity contribution is 0.107. The third-order valence-corrected chi connectivity index (χ3v) is 4.51. The Morgan fingerprint density at radius 1 is 1.17 bits per heavy atom. The molecule has 1 aliphatic rings. The van der Waals surface area contributed by atoms with Gasteiger partial charge in [0.15, 0.2) is 0 Å². The molecular formula is C15H33N3. The fraction of sp³-hybridized carbons (Fsp3) is 1.00. The van der Waals surface area contributed by atoms with Crippen LogP contribution in [-0.4, -0.2) is 55.1 Å². The molecule has 108 valence electrons. The van der Waals surface area contributed by atoms with E-state index in [4.69, 9.17) is 5.73 Å². The molecule has 0 spiro atoms. The first-order chi connectivity index (χ1) is 8.18. The van der Waals surface area contributed by atoms with E-state index in [1.165, 1.54) is 32.4 Å². The molecule has 0 aromatic rings. The molecule has 0 aromatic heterocycles. The van der Waals surface area contributed by atoms with Gasteiger partial charge in [-0.15, -0.1) is 0 Å². The smallest absolute Gasteiger partial charge is 0.0304 e. The van der Waals surface area contributed by atoms with Gasteiger partial charge in [-0.1, -0.05) is 20.8 Å². The lowest BCUT2D eigenvalue weighted by Crippen LogP contribution is -2.51. The number of likely N-dealkylation sites (tertiary alicyclic amines) is 1. The lowest BCUT2D eigenvalue weighted by atomic mass is 9.83. The Morgan fingerprint density at radius 2 is 1.78 bits per heavy atom. The molecule has 0 bridgehead atoms. The molecule has 3 nitrogen and oxygen atoms in total. The third kappa shape index (κ3) is 4.22. The van der Waals surface area contributed by atoms with Crippen LogP contribution >= 0.6 is 0 Å². The van der Waals surface area contributed by atoms with Crippen LogP contribution in [0.25, 0.3) is 0 Å². The predicted octanol–water partition coefficient (Wildman–Crippen LogP) is 2.17. The third-order valence-electron chi connectivity index (χ3n) is 4.51. The Labute approximate surface area is 114 Å². The fourth-order valence-electron chi connectivity index (χ4n) is 2.69. The Hall–Kier alpha value is -0.120. The van der Waals surface area contributed by atoms with Gasteiger partial charge in [-0.2, -0.15) is 0 Å². The summed E-state index contributed by atoms with van der Waals surface area (Å²) in [7, 11) is 4.37. The first-order valence-electron chi connectivity index (χ1n) is 7.29. The largest absolute Gasteiger partial charge is 0.329 e. The molecule has 0 aliphatic carbocycles. The second-order valence-corrected chi connectivity index (χ2v) is 7.61. The van der Waals surface area contributed by atoms with Gasteiger partial charge < -0.3 is 10.6 Å². The van der Waals surface area contributed by atoms with Crippen molar-refractivity contribution in [3.8, 4) is 0 Å². The highest BCUT2D eigenvalue weighted by Gasteiger charge is 2.37. The molecule has 18 heavy (non-hydrogen) atoms. The molecule has 1 aliphatic heterocycles. The van der Waals surface area contributed by atoms with Gasteiger partial charge in [0, 0.05) is 31.2 Å². The zero-order valence-electron chi connectivity index (χ0n) is 13.3. The minimum Gasteiger partial charge on any atom is -0.329 e. The number of rotatable bonds is 5. The van der Waals surface area contributed by atoms with Gasteiger partial charge in [0.05, 0.1) is 0 Å². The Kier molecular flexibility index (Phi) is 5.22. The molecule has 1 fully saturated rings. The SMILES string of the molecule is CN(C)C1CCN(C(C)(CN)CCC(C)(C)C)C1. The van der Waals surface area contributed by atoms with Gasteiger partial charge in [-0.3, -0.25) is 4.90 Å². The van der Waals surface area contributed by atoms with Crippen molar-refractivity contribution in [2.45, 2.75) is 58.5 Å². The van der Waals surface area contributed by atoms with E-state index >= 15 is 0 Å². The standard InChI is InChI=1S/C15H33N3/c1-14(2,3)8-9-15(4,12-16)18-10-7-13(11-18)17(5)6/h13H,7-12,16H2,1-6H3. The average molecular weight is 255 g/mol. The van der Waals surface area contributed by atoms with Crippen molar-refractivity contribution in [2.24, 2.45) is 11.1 Å². The Bertz CT molecular complexity index is 257. The quantitative estimate of drug-likeness (QED) is 0.817. The molecule has 2 N–H and O–H groups in total. The van der Waals surface area contributed by atoms with Crippen molar-refractivity contribution in [1.82, 2.24) is 9.80 Å². The van der Waals surface area contributed by atoms with Crippen molar-refractivity contribution < 1.29 is 0 Å². The van der Waals surface area contributed by atoms with Crippen LogP contribution in [0.2, 0.25) is 0 Å². The van der Waals surface area contributed by atoms with Gasteiger partial charge in [0.25, 0.3) is 0 Å². The summed E-state index contributed by atoms with van der Waals surface area (Å²) in [5.74, 6) is 0. The van der Waals surface area contributed by atoms with Crippen molar-refractivity contribution in [2.75, 3.05) is 33.7 Å². The zero-order valence-corrected chi connectivity index (χ0v) is 13.3. The van der Waals surface area contributed by atoms with Gasteiger partial charge in [0.1, 0.15) is 0 Å². The van der Waals surface area contributed by atoms with Gasteiger partial charge >= 0.3 is 0 Å². The van der Waals surface area contributed by atoms with Crippen molar-refractivity contribution >= 4 is 0 Å². The summed E-state index contributed by atoms with van der Waals surface area (Å²) in [5.41, 5.74) is 6.66. The molecule has 0 aromatic carbocycles. The maximum absolute atomic E-state index is 6.08. The monoisotopic (exact) mass is 255 g/mol. The molecule has 2 unspecified atom stereocenters. The number of nitrogens with zero attached hydrogens (tertiary/aromatic N) is 2. The van der Waals surface area contributed by atoms with E-state index < -0.39 is 0 Å². The maximum Gasteiger partial charge on any atom is 0.0304 e. The van der Waals surface area contributed by atoms with Crippen LogP contribution in [0.15, 0.2) is 0 Å². The van der Waals surface area contributed by atoms with Crippen molar-refractivity contribution in [3.05, 3.63) is 0 Å². The normalized spacial score (nSPS) is 25.7. The van der Waals surface area contributed by atoms with Gasteiger partial charge in [-0.25, -0.2) is 0 Å². The van der Waals surface area contributed by atoms with Crippen LogP contribution in [-0.2, 0) is 0 Å². The van der Waals surface area contributed by atoms with E-state index in [-0.39, 0.29) is 5.54 Å². The van der Waals surface area contributed by atoms with E-state index in [0.29, 0.717) is 11.5 Å². The topological polar surface area (TPSA) is 32.5 Å². The first kappa shape index (κ1) is 15.9. The number of hydrogen-bond acceptors (Lipinski definition) is 3. The van der Waals surface area contributed by atoms with E-state index in [2.05, 4.69) is 51.6 Å². The van der Waals surface area contributed by atoms with Crippen LogP contribution in [0.5, 0.6) is 0 Å². The maximum atomic E-state index is 6.08. The lowest BCUT2D eigenvalue weighted by Gasteiger charge is -2.40. The van der Waals surface area contributed by atoms with Crippen LogP contribution in [0.3, 0.4) is 0 Å². The molecule has 1 heterocycles. The highest BCUT2D eigenvalue weighted by molar-refractivity contribution is 4.94. The molecule has 1 rings (SSSR count). The average Bonchev–Trinajstić information content (AvgIpc) is 2.74. The fourth-order valence-corrected chi connectivity index (χ4v) is 2.69.